The zero-order valence-corrected chi connectivity index (χ0v) is 9.19. The number of nitrogens with zero attached hydrogens (tertiary/aromatic N) is 4. The van der Waals surface area contributed by atoms with Crippen molar-refractivity contribution in [3.63, 3.8) is 0 Å². The molecule has 0 unspecified atom stereocenters. The van der Waals surface area contributed by atoms with Crippen molar-refractivity contribution in [3.8, 4) is 28.7 Å². The predicted octanol–water partition coefficient (Wildman–Crippen LogP) is 1.90. The Bertz CT molecular complexity index is 667. The number of hydrogen-bond acceptors (Lipinski definition) is 6. The number of rotatable bonds is 2. The lowest BCUT2D eigenvalue weighted by Crippen LogP contribution is -1.84. The van der Waals surface area contributed by atoms with Gasteiger partial charge in [0.25, 0.3) is 5.89 Å². The van der Waals surface area contributed by atoms with Crippen LogP contribution >= 0.6 is 0 Å². The summed E-state index contributed by atoms with van der Waals surface area (Å²) >= 11 is 0. The molecule has 3 aromatic heterocycles. The highest BCUT2D eigenvalue weighted by Crippen LogP contribution is 2.26. The minimum absolute atomic E-state index is 0.00225. The summed E-state index contributed by atoms with van der Waals surface area (Å²) in [5.41, 5.74) is 1.06. The van der Waals surface area contributed by atoms with Crippen LogP contribution < -0.4 is 0 Å². The molecule has 0 aromatic carbocycles. The molecule has 0 atom stereocenters. The van der Waals surface area contributed by atoms with Crippen molar-refractivity contribution in [2.45, 2.75) is 0 Å². The molecule has 3 aromatic rings. The molecule has 0 fully saturated rings. The summed E-state index contributed by atoms with van der Waals surface area (Å²) in [5.74, 6) is 0.611. The van der Waals surface area contributed by atoms with E-state index < -0.39 is 0 Å². The summed E-state index contributed by atoms with van der Waals surface area (Å²) in [7, 11) is 0. The van der Waals surface area contributed by atoms with Gasteiger partial charge in [-0.05, 0) is 24.3 Å². The molecular weight excluding hydrogens is 232 g/mol. The Kier molecular flexibility index (Phi) is 2.45. The molecule has 0 amide bonds. The van der Waals surface area contributed by atoms with E-state index in [1.165, 1.54) is 6.07 Å². The summed E-state index contributed by atoms with van der Waals surface area (Å²) in [5, 5.41) is 13.5. The molecule has 0 saturated carbocycles. The maximum atomic E-state index is 9.64. The Morgan fingerprint density at radius 3 is 2.67 bits per heavy atom. The van der Waals surface area contributed by atoms with Crippen LogP contribution in [0.4, 0.5) is 0 Å². The van der Waals surface area contributed by atoms with Crippen molar-refractivity contribution in [1.29, 1.82) is 0 Å². The monoisotopic (exact) mass is 240 g/mol. The first-order valence-corrected chi connectivity index (χ1v) is 5.23. The molecule has 3 heterocycles. The fourth-order valence-electron chi connectivity index (χ4n) is 1.50. The van der Waals surface area contributed by atoms with E-state index in [1.807, 2.05) is 0 Å². The van der Waals surface area contributed by atoms with E-state index >= 15 is 0 Å². The Balaban J connectivity index is 2.03. The predicted molar refractivity (Wildman–Crippen MR) is 62.4 cm³/mol. The molecule has 88 valence electrons. The Labute approximate surface area is 102 Å². The van der Waals surface area contributed by atoms with E-state index in [9.17, 15) is 5.11 Å². The smallest absolute Gasteiger partial charge is 0.280 e. The van der Waals surface area contributed by atoms with E-state index in [1.54, 1.807) is 36.8 Å². The molecule has 0 saturated heterocycles. The molecular formula is C12H8N4O2. The minimum Gasteiger partial charge on any atom is -0.505 e. The average molecular weight is 240 g/mol. The van der Waals surface area contributed by atoms with Crippen molar-refractivity contribution in [3.05, 3.63) is 42.9 Å². The van der Waals surface area contributed by atoms with Gasteiger partial charge in [-0.25, -0.2) is 4.98 Å². The quantitative estimate of drug-likeness (QED) is 0.736. The van der Waals surface area contributed by atoms with Gasteiger partial charge in [0.15, 0.2) is 5.69 Å². The third kappa shape index (κ3) is 1.80. The Morgan fingerprint density at radius 2 is 1.89 bits per heavy atom. The molecule has 0 aliphatic heterocycles. The zero-order valence-electron chi connectivity index (χ0n) is 9.19. The molecule has 6 nitrogen and oxygen atoms in total. The summed E-state index contributed by atoms with van der Waals surface area (Å²) in [6, 6.07) is 6.68. The Hall–Kier alpha value is -2.76. The first-order chi connectivity index (χ1) is 8.84. The zero-order chi connectivity index (χ0) is 12.4. The van der Waals surface area contributed by atoms with E-state index in [0.717, 1.165) is 5.56 Å². The lowest BCUT2D eigenvalue weighted by molar-refractivity contribution is 0.423. The molecule has 0 bridgehead atoms. The van der Waals surface area contributed by atoms with Gasteiger partial charge in [0.2, 0.25) is 5.82 Å². The lowest BCUT2D eigenvalue weighted by Gasteiger charge is -1.95. The average Bonchev–Trinajstić information content (AvgIpc) is 2.90. The first-order valence-electron chi connectivity index (χ1n) is 5.23. The molecule has 18 heavy (non-hydrogen) atoms. The van der Waals surface area contributed by atoms with Crippen LogP contribution in [0, 0.1) is 0 Å². The fourth-order valence-corrected chi connectivity index (χ4v) is 1.50. The van der Waals surface area contributed by atoms with Gasteiger partial charge in [-0.3, -0.25) is 4.98 Å². The van der Waals surface area contributed by atoms with Crippen LogP contribution in [0.2, 0.25) is 0 Å². The lowest BCUT2D eigenvalue weighted by atomic mass is 10.2. The van der Waals surface area contributed by atoms with Gasteiger partial charge in [-0.15, -0.1) is 0 Å². The highest BCUT2D eigenvalue weighted by molar-refractivity contribution is 5.60. The maximum Gasteiger partial charge on any atom is 0.280 e. The molecule has 0 radical (unpaired) electrons. The van der Waals surface area contributed by atoms with Gasteiger partial charge in [-0.1, -0.05) is 5.16 Å². The number of hydrogen-bond donors (Lipinski definition) is 1. The highest BCUT2D eigenvalue weighted by atomic mass is 16.5. The Morgan fingerprint density at radius 1 is 1.06 bits per heavy atom. The normalized spacial score (nSPS) is 10.4. The minimum atomic E-state index is 0.00225. The molecule has 0 aliphatic carbocycles. The molecule has 6 heteroatoms. The van der Waals surface area contributed by atoms with Crippen molar-refractivity contribution >= 4 is 0 Å². The van der Waals surface area contributed by atoms with Gasteiger partial charge in [0.05, 0.1) is 0 Å². The third-order valence-corrected chi connectivity index (χ3v) is 2.35. The van der Waals surface area contributed by atoms with Crippen LogP contribution in [0.3, 0.4) is 0 Å². The number of aromatic nitrogens is 4. The van der Waals surface area contributed by atoms with Crippen LogP contribution in [0.25, 0.3) is 23.0 Å². The van der Waals surface area contributed by atoms with Crippen molar-refractivity contribution < 1.29 is 9.63 Å². The van der Waals surface area contributed by atoms with Crippen molar-refractivity contribution in [1.82, 2.24) is 20.1 Å². The molecule has 1 N–H and O–H groups in total. The van der Waals surface area contributed by atoms with Gasteiger partial charge in [-0.2, -0.15) is 4.98 Å². The summed E-state index contributed by atoms with van der Waals surface area (Å²) in [6.45, 7) is 0. The van der Waals surface area contributed by atoms with E-state index in [0.29, 0.717) is 5.82 Å². The fraction of sp³-hybridized carbons (Fsp3) is 0. The summed E-state index contributed by atoms with van der Waals surface area (Å²) < 4.78 is 5.08. The van der Waals surface area contributed by atoms with Gasteiger partial charge < -0.3 is 9.63 Å². The number of pyridine rings is 2. The van der Waals surface area contributed by atoms with Crippen LogP contribution in [0.1, 0.15) is 0 Å². The number of aromatic hydroxyl groups is 1. The SMILES string of the molecule is Oc1cccnc1-c1nc(-c2ccncc2)no1. The van der Waals surface area contributed by atoms with Crippen LogP contribution in [-0.4, -0.2) is 25.2 Å². The van der Waals surface area contributed by atoms with Gasteiger partial charge >= 0.3 is 0 Å². The van der Waals surface area contributed by atoms with Crippen LogP contribution in [0.5, 0.6) is 5.75 Å². The molecule has 0 spiro atoms. The van der Waals surface area contributed by atoms with Crippen LogP contribution in [0.15, 0.2) is 47.4 Å². The third-order valence-electron chi connectivity index (χ3n) is 2.35. The van der Waals surface area contributed by atoms with E-state index in [4.69, 9.17) is 4.52 Å². The maximum absolute atomic E-state index is 9.64. The van der Waals surface area contributed by atoms with Crippen molar-refractivity contribution in [2.75, 3.05) is 0 Å². The van der Waals surface area contributed by atoms with Gasteiger partial charge in [0, 0.05) is 24.2 Å². The van der Waals surface area contributed by atoms with Crippen molar-refractivity contribution in [2.24, 2.45) is 0 Å². The van der Waals surface area contributed by atoms with E-state index in [2.05, 4.69) is 20.1 Å². The highest BCUT2D eigenvalue weighted by Gasteiger charge is 2.14. The van der Waals surface area contributed by atoms with Gasteiger partial charge in [0.1, 0.15) is 5.75 Å². The molecule has 3 rings (SSSR count). The second kappa shape index (κ2) is 4.25. The summed E-state index contributed by atoms with van der Waals surface area (Å²) in [6.07, 6.45) is 4.83. The molecule has 0 aliphatic rings. The largest absolute Gasteiger partial charge is 0.505 e. The second-order valence-electron chi connectivity index (χ2n) is 3.53. The van der Waals surface area contributed by atoms with Crippen LogP contribution in [-0.2, 0) is 0 Å². The standard InChI is InChI=1S/C12H8N4O2/c17-9-2-1-5-14-10(9)12-15-11(16-18-12)8-3-6-13-7-4-8/h1-7,17H. The first kappa shape index (κ1) is 10.4. The summed E-state index contributed by atoms with van der Waals surface area (Å²) in [4.78, 5) is 12.1. The second-order valence-corrected chi connectivity index (χ2v) is 3.53. The van der Waals surface area contributed by atoms with E-state index in [-0.39, 0.29) is 17.3 Å². The topological polar surface area (TPSA) is 84.9 Å².